The molecule has 1 heterocycles. The Morgan fingerprint density at radius 3 is 2.36 bits per heavy atom. The monoisotopic (exact) mass is 511 g/mol. The summed E-state index contributed by atoms with van der Waals surface area (Å²) in [5.74, 6) is -0.246. The smallest absolute Gasteiger partial charge is 0.417 e. The van der Waals surface area contributed by atoms with Gasteiger partial charge in [-0.05, 0) is 72.7 Å². The van der Waals surface area contributed by atoms with E-state index in [0.29, 0.717) is 24.2 Å². The van der Waals surface area contributed by atoms with Crippen molar-refractivity contribution in [2.75, 3.05) is 6.54 Å². The Hall–Kier alpha value is -3.16. The minimum absolute atomic E-state index is 0.174. The molecule has 4 aromatic rings. The molecule has 0 aliphatic carbocycles. The predicted molar refractivity (Wildman–Crippen MR) is 140 cm³/mol. The maximum atomic E-state index is 13.9. The van der Waals surface area contributed by atoms with Gasteiger partial charge in [0.2, 0.25) is 0 Å². The van der Waals surface area contributed by atoms with E-state index < -0.39 is 17.3 Å². The highest BCUT2D eigenvalue weighted by molar-refractivity contribution is 7.22. The second kappa shape index (κ2) is 10.4. The van der Waals surface area contributed by atoms with Crippen molar-refractivity contribution in [1.82, 2.24) is 5.32 Å². The van der Waals surface area contributed by atoms with E-state index in [0.717, 1.165) is 20.5 Å². The average Bonchev–Trinajstić information content (AvgIpc) is 3.24. The number of benzene rings is 3. The van der Waals surface area contributed by atoms with Crippen molar-refractivity contribution >= 4 is 27.4 Å². The normalized spacial score (nSPS) is 12.2. The summed E-state index contributed by atoms with van der Waals surface area (Å²) < 4.78 is 48.1. The standard InChI is InChI=1S/C29H28F3NO2S/c1-28(2,3)35-27(34)13-14-33-18-19-9-12-25-22(15-19)17-26(36-25)21-10-11-23(20-7-5-4-6-8-20)24(16-21)29(30,31)32/h4-12,15-17,33H,13-14,18H2,1-3H3. The third-order valence-corrected chi connectivity index (χ3v) is 6.70. The molecule has 0 saturated carbocycles. The summed E-state index contributed by atoms with van der Waals surface area (Å²) in [7, 11) is 0. The van der Waals surface area contributed by atoms with Crippen molar-refractivity contribution in [1.29, 1.82) is 0 Å². The van der Waals surface area contributed by atoms with E-state index in [1.807, 2.05) is 45.0 Å². The van der Waals surface area contributed by atoms with Crippen LogP contribution in [-0.2, 0) is 22.3 Å². The predicted octanol–water partition coefficient (Wildman–Crippen LogP) is 8.08. The highest BCUT2D eigenvalue weighted by atomic mass is 32.1. The molecular formula is C29H28F3NO2S. The number of carbonyl (C=O) groups excluding carboxylic acids is 1. The molecule has 0 aliphatic rings. The lowest BCUT2D eigenvalue weighted by molar-refractivity contribution is -0.154. The summed E-state index contributed by atoms with van der Waals surface area (Å²) in [6.07, 6.45) is -4.18. The van der Waals surface area contributed by atoms with Gasteiger partial charge in [0.15, 0.2) is 0 Å². The van der Waals surface area contributed by atoms with Crippen molar-refractivity contribution in [2.45, 2.75) is 45.5 Å². The molecule has 0 unspecified atom stereocenters. The highest BCUT2D eigenvalue weighted by Gasteiger charge is 2.34. The van der Waals surface area contributed by atoms with Crippen LogP contribution in [0, 0.1) is 0 Å². The lowest BCUT2D eigenvalue weighted by Crippen LogP contribution is -2.26. The molecule has 1 N–H and O–H groups in total. The van der Waals surface area contributed by atoms with Crippen LogP contribution in [0.5, 0.6) is 0 Å². The average molecular weight is 512 g/mol. The van der Waals surface area contributed by atoms with Gasteiger partial charge in [-0.2, -0.15) is 13.2 Å². The van der Waals surface area contributed by atoms with Crippen LogP contribution in [0.1, 0.15) is 38.3 Å². The summed E-state index contributed by atoms with van der Waals surface area (Å²) in [5, 5.41) is 4.22. The van der Waals surface area contributed by atoms with Crippen LogP contribution in [0.4, 0.5) is 13.2 Å². The fourth-order valence-electron chi connectivity index (χ4n) is 3.96. The minimum Gasteiger partial charge on any atom is -0.460 e. The lowest BCUT2D eigenvalue weighted by Gasteiger charge is -2.19. The van der Waals surface area contributed by atoms with E-state index in [1.165, 1.54) is 17.4 Å². The number of hydrogen-bond donors (Lipinski definition) is 1. The molecule has 0 saturated heterocycles. The Morgan fingerprint density at radius 1 is 0.917 bits per heavy atom. The van der Waals surface area contributed by atoms with Crippen molar-refractivity contribution in [3.8, 4) is 21.6 Å². The molecule has 0 aliphatic heterocycles. The van der Waals surface area contributed by atoms with E-state index >= 15 is 0 Å². The first-order chi connectivity index (χ1) is 17.0. The molecule has 1 aromatic heterocycles. The Kier molecular flexibility index (Phi) is 7.52. The number of hydrogen-bond acceptors (Lipinski definition) is 4. The SMILES string of the molecule is CC(C)(C)OC(=O)CCNCc1ccc2sc(-c3ccc(-c4ccccc4)c(C(F)(F)F)c3)cc2c1. The second-order valence-corrected chi connectivity index (χ2v) is 10.7. The van der Waals surface area contributed by atoms with Gasteiger partial charge in [-0.3, -0.25) is 4.79 Å². The van der Waals surface area contributed by atoms with Crippen LogP contribution < -0.4 is 5.32 Å². The van der Waals surface area contributed by atoms with E-state index in [1.54, 1.807) is 42.5 Å². The van der Waals surface area contributed by atoms with Gasteiger partial charge in [-0.15, -0.1) is 11.3 Å². The molecule has 0 atom stereocenters. The Labute approximate surface area is 212 Å². The van der Waals surface area contributed by atoms with E-state index in [2.05, 4.69) is 5.32 Å². The molecule has 0 spiro atoms. The number of halogens is 3. The zero-order chi connectivity index (χ0) is 25.9. The highest BCUT2D eigenvalue weighted by Crippen LogP contribution is 2.41. The largest absolute Gasteiger partial charge is 0.460 e. The number of fused-ring (bicyclic) bond motifs is 1. The van der Waals surface area contributed by atoms with Gasteiger partial charge in [0.1, 0.15) is 5.60 Å². The zero-order valence-electron chi connectivity index (χ0n) is 20.4. The first kappa shape index (κ1) is 25.9. The molecule has 4 rings (SSSR count). The number of esters is 1. The summed E-state index contributed by atoms with van der Waals surface area (Å²) >= 11 is 1.47. The number of ether oxygens (including phenoxy) is 1. The van der Waals surface area contributed by atoms with Gasteiger partial charge in [-0.1, -0.05) is 48.5 Å². The molecule has 0 radical (unpaired) electrons. The van der Waals surface area contributed by atoms with E-state index in [9.17, 15) is 18.0 Å². The summed E-state index contributed by atoms with van der Waals surface area (Å²) in [5.41, 5.74) is 1.15. The van der Waals surface area contributed by atoms with Gasteiger partial charge >= 0.3 is 12.1 Å². The van der Waals surface area contributed by atoms with Gasteiger partial charge in [0.05, 0.1) is 12.0 Å². The maximum absolute atomic E-state index is 13.9. The first-order valence-corrected chi connectivity index (χ1v) is 12.5. The topological polar surface area (TPSA) is 38.3 Å². The van der Waals surface area contributed by atoms with Crippen LogP contribution in [0.3, 0.4) is 0 Å². The number of nitrogens with one attached hydrogen (secondary N) is 1. The number of thiophene rings is 1. The Morgan fingerprint density at radius 2 is 1.67 bits per heavy atom. The van der Waals surface area contributed by atoms with E-state index in [-0.39, 0.29) is 18.0 Å². The summed E-state index contributed by atoms with van der Waals surface area (Å²) in [6.45, 7) is 6.59. The molecule has 3 aromatic carbocycles. The van der Waals surface area contributed by atoms with Crippen LogP contribution in [0.2, 0.25) is 0 Å². The zero-order valence-corrected chi connectivity index (χ0v) is 21.2. The molecule has 188 valence electrons. The Balaban J connectivity index is 1.50. The van der Waals surface area contributed by atoms with Crippen molar-refractivity contribution < 1.29 is 22.7 Å². The molecular weight excluding hydrogens is 483 g/mol. The molecule has 0 amide bonds. The van der Waals surface area contributed by atoms with Gasteiger partial charge in [0, 0.05) is 22.7 Å². The van der Waals surface area contributed by atoms with E-state index in [4.69, 9.17) is 4.74 Å². The van der Waals surface area contributed by atoms with Gasteiger partial charge in [-0.25, -0.2) is 0 Å². The third kappa shape index (κ3) is 6.53. The Bertz CT molecular complexity index is 1350. The number of alkyl halides is 3. The lowest BCUT2D eigenvalue weighted by atomic mass is 9.96. The number of carbonyl (C=O) groups is 1. The van der Waals surface area contributed by atoms with Crippen molar-refractivity contribution in [3.05, 3.63) is 83.9 Å². The van der Waals surface area contributed by atoms with Crippen LogP contribution in [-0.4, -0.2) is 18.1 Å². The fraction of sp³-hybridized carbons (Fsp3) is 0.276. The summed E-state index contributed by atoms with van der Waals surface area (Å²) in [6, 6.07) is 21.1. The van der Waals surface area contributed by atoms with Gasteiger partial charge < -0.3 is 10.1 Å². The quantitative estimate of drug-likeness (QED) is 0.201. The van der Waals surface area contributed by atoms with Crippen molar-refractivity contribution in [3.63, 3.8) is 0 Å². The molecule has 36 heavy (non-hydrogen) atoms. The van der Waals surface area contributed by atoms with Crippen LogP contribution >= 0.6 is 11.3 Å². The van der Waals surface area contributed by atoms with Crippen molar-refractivity contribution in [2.24, 2.45) is 0 Å². The first-order valence-electron chi connectivity index (χ1n) is 11.7. The van der Waals surface area contributed by atoms with Gasteiger partial charge in [0.25, 0.3) is 0 Å². The molecule has 0 bridgehead atoms. The third-order valence-electron chi connectivity index (χ3n) is 5.53. The molecule has 3 nitrogen and oxygen atoms in total. The van der Waals surface area contributed by atoms with Crippen LogP contribution in [0.25, 0.3) is 31.7 Å². The fourth-order valence-corrected chi connectivity index (χ4v) is 5.00. The summed E-state index contributed by atoms with van der Waals surface area (Å²) in [4.78, 5) is 12.6. The minimum atomic E-state index is -4.46. The van der Waals surface area contributed by atoms with Crippen LogP contribution in [0.15, 0.2) is 72.8 Å². The molecule has 0 fully saturated rings. The second-order valence-electron chi connectivity index (χ2n) is 9.62. The number of rotatable bonds is 7. The molecule has 7 heteroatoms. The maximum Gasteiger partial charge on any atom is 0.417 e.